The molecular weight excluding hydrogens is 228 g/mol. The van der Waals surface area contributed by atoms with Crippen molar-refractivity contribution in [2.24, 2.45) is 0 Å². The minimum absolute atomic E-state index is 0.0806. The van der Waals surface area contributed by atoms with Gasteiger partial charge in [0.25, 0.3) is 0 Å². The fourth-order valence-electron chi connectivity index (χ4n) is 2.28. The maximum absolute atomic E-state index is 11.2. The molecule has 4 nitrogen and oxygen atoms in total. The van der Waals surface area contributed by atoms with Crippen LogP contribution in [0.25, 0.3) is 0 Å². The van der Waals surface area contributed by atoms with Gasteiger partial charge in [-0.2, -0.15) is 0 Å². The molecule has 1 aliphatic rings. The number of amides is 1. The number of carbonyl (C=O) groups is 1. The standard InChI is InChI=1S/C14H20N2O2/c1-3-16(4-2)12-7-5-11(6-8-12)13-9-10-18-14(17)15-13/h5-8,13H,3-4,9-10H2,1-2H3,(H,15,17)/t13-/m1/s1. The quantitative estimate of drug-likeness (QED) is 0.890. The number of nitrogens with one attached hydrogen (secondary N) is 1. The molecule has 0 unspecified atom stereocenters. The second-order valence-corrected chi connectivity index (χ2v) is 4.39. The van der Waals surface area contributed by atoms with E-state index in [0.29, 0.717) is 6.61 Å². The topological polar surface area (TPSA) is 41.6 Å². The molecule has 0 radical (unpaired) electrons. The molecule has 18 heavy (non-hydrogen) atoms. The first-order valence-corrected chi connectivity index (χ1v) is 6.52. The Labute approximate surface area is 108 Å². The number of ether oxygens (including phenoxy) is 1. The maximum atomic E-state index is 11.2. The van der Waals surface area contributed by atoms with Crippen LogP contribution in [-0.4, -0.2) is 25.8 Å². The molecule has 0 saturated carbocycles. The number of anilines is 1. The Morgan fingerprint density at radius 3 is 2.50 bits per heavy atom. The fourth-order valence-corrected chi connectivity index (χ4v) is 2.28. The Hall–Kier alpha value is -1.71. The van der Waals surface area contributed by atoms with Crippen LogP contribution in [0.15, 0.2) is 24.3 Å². The van der Waals surface area contributed by atoms with E-state index >= 15 is 0 Å². The zero-order valence-corrected chi connectivity index (χ0v) is 11.0. The summed E-state index contributed by atoms with van der Waals surface area (Å²) in [5.74, 6) is 0. The molecule has 1 fully saturated rings. The minimum Gasteiger partial charge on any atom is -0.449 e. The molecular formula is C14H20N2O2. The molecule has 98 valence electrons. The van der Waals surface area contributed by atoms with Crippen LogP contribution in [0.4, 0.5) is 10.5 Å². The lowest BCUT2D eigenvalue weighted by molar-refractivity contribution is 0.115. The van der Waals surface area contributed by atoms with Gasteiger partial charge in [0, 0.05) is 25.2 Å². The van der Waals surface area contributed by atoms with Gasteiger partial charge >= 0.3 is 6.09 Å². The van der Waals surface area contributed by atoms with E-state index in [1.807, 2.05) is 0 Å². The number of hydrogen-bond donors (Lipinski definition) is 1. The summed E-state index contributed by atoms with van der Waals surface area (Å²) in [5, 5.41) is 2.83. The van der Waals surface area contributed by atoms with Crippen LogP contribution < -0.4 is 10.2 Å². The first kappa shape index (κ1) is 12.7. The number of alkyl carbamates (subject to hydrolysis) is 1. The van der Waals surface area contributed by atoms with Crippen molar-refractivity contribution in [2.45, 2.75) is 26.3 Å². The molecule has 1 heterocycles. The third-order valence-corrected chi connectivity index (χ3v) is 3.36. The van der Waals surface area contributed by atoms with E-state index in [1.165, 1.54) is 5.69 Å². The number of rotatable bonds is 4. The second-order valence-electron chi connectivity index (χ2n) is 4.39. The number of cyclic esters (lactones) is 1. The molecule has 1 N–H and O–H groups in total. The number of nitrogens with zero attached hydrogens (tertiary/aromatic N) is 1. The molecule has 1 atom stereocenters. The van der Waals surface area contributed by atoms with E-state index in [2.05, 4.69) is 48.3 Å². The number of hydrogen-bond acceptors (Lipinski definition) is 3. The van der Waals surface area contributed by atoms with Crippen molar-refractivity contribution in [3.8, 4) is 0 Å². The summed E-state index contributed by atoms with van der Waals surface area (Å²) in [6.45, 7) is 6.80. The van der Waals surface area contributed by atoms with Gasteiger partial charge in [0.15, 0.2) is 0 Å². The summed E-state index contributed by atoms with van der Waals surface area (Å²) in [6.07, 6.45) is 0.509. The normalized spacial score (nSPS) is 19.0. The Morgan fingerprint density at radius 2 is 1.94 bits per heavy atom. The molecule has 1 aromatic carbocycles. The Kier molecular flexibility index (Phi) is 4.07. The van der Waals surface area contributed by atoms with Crippen LogP contribution in [0.2, 0.25) is 0 Å². The smallest absolute Gasteiger partial charge is 0.407 e. The van der Waals surface area contributed by atoms with Crippen LogP contribution in [0.1, 0.15) is 31.9 Å². The van der Waals surface area contributed by atoms with Gasteiger partial charge in [0.05, 0.1) is 12.6 Å². The van der Waals surface area contributed by atoms with Crippen molar-refractivity contribution in [2.75, 3.05) is 24.6 Å². The van der Waals surface area contributed by atoms with E-state index in [-0.39, 0.29) is 12.1 Å². The third kappa shape index (κ3) is 2.75. The van der Waals surface area contributed by atoms with Crippen LogP contribution in [0.3, 0.4) is 0 Å². The maximum Gasteiger partial charge on any atom is 0.407 e. The molecule has 4 heteroatoms. The van der Waals surface area contributed by atoms with Gasteiger partial charge in [-0.05, 0) is 31.5 Å². The Morgan fingerprint density at radius 1 is 1.28 bits per heavy atom. The SMILES string of the molecule is CCN(CC)c1ccc([C@H]2CCOC(=O)N2)cc1. The molecule has 0 aliphatic carbocycles. The molecule has 1 aromatic rings. The van der Waals surface area contributed by atoms with Crippen molar-refractivity contribution < 1.29 is 9.53 Å². The molecule has 2 rings (SSSR count). The molecule has 1 aliphatic heterocycles. The van der Waals surface area contributed by atoms with Crippen molar-refractivity contribution in [3.63, 3.8) is 0 Å². The highest BCUT2D eigenvalue weighted by Crippen LogP contribution is 2.23. The van der Waals surface area contributed by atoms with Gasteiger partial charge in [-0.25, -0.2) is 4.79 Å². The highest BCUT2D eigenvalue weighted by atomic mass is 16.5. The number of benzene rings is 1. The summed E-state index contributed by atoms with van der Waals surface area (Å²) in [5.41, 5.74) is 2.37. The predicted molar refractivity (Wildman–Crippen MR) is 71.8 cm³/mol. The van der Waals surface area contributed by atoms with Crippen molar-refractivity contribution in [3.05, 3.63) is 29.8 Å². The van der Waals surface area contributed by atoms with Crippen LogP contribution in [0.5, 0.6) is 0 Å². The van der Waals surface area contributed by atoms with Gasteiger partial charge in [-0.15, -0.1) is 0 Å². The molecule has 0 spiro atoms. The van der Waals surface area contributed by atoms with Crippen LogP contribution in [0, 0.1) is 0 Å². The van der Waals surface area contributed by atoms with Gasteiger partial charge in [-0.1, -0.05) is 12.1 Å². The van der Waals surface area contributed by atoms with E-state index in [1.54, 1.807) is 0 Å². The summed E-state index contributed by atoms with van der Waals surface area (Å²) in [4.78, 5) is 13.5. The highest BCUT2D eigenvalue weighted by Gasteiger charge is 2.20. The molecule has 1 saturated heterocycles. The monoisotopic (exact) mass is 248 g/mol. The van der Waals surface area contributed by atoms with Crippen LogP contribution in [-0.2, 0) is 4.74 Å². The summed E-state index contributed by atoms with van der Waals surface area (Å²) < 4.78 is 4.87. The zero-order chi connectivity index (χ0) is 13.0. The lowest BCUT2D eigenvalue weighted by Crippen LogP contribution is -2.35. The van der Waals surface area contributed by atoms with E-state index in [0.717, 1.165) is 25.1 Å². The lowest BCUT2D eigenvalue weighted by atomic mass is 10.0. The first-order valence-electron chi connectivity index (χ1n) is 6.52. The largest absolute Gasteiger partial charge is 0.449 e. The second kappa shape index (κ2) is 5.76. The van der Waals surface area contributed by atoms with Gasteiger partial charge < -0.3 is 15.0 Å². The van der Waals surface area contributed by atoms with Crippen molar-refractivity contribution in [1.29, 1.82) is 0 Å². The molecule has 0 bridgehead atoms. The fraction of sp³-hybridized carbons (Fsp3) is 0.500. The zero-order valence-electron chi connectivity index (χ0n) is 11.0. The minimum atomic E-state index is -0.320. The van der Waals surface area contributed by atoms with Gasteiger partial charge in [0.1, 0.15) is 0 Å². The first-order chi connectivity index (χ1) is 8.74. The summed E-state index contributed by atoms with van der Waals surface area (Å²) in [6, 6.07) is 8.49. The summed E-state index contributed by atoms with van der Waals surface area (Å²) in [7, 11) is 0. The Bertz CT molecular complexity index is 399. The van der Waals surface area contributed by atoms with E-state index in [4.69, 9.17) is 4.74 Å². The van der Waals surface area contributed by atoms with Gasteiger partial charge in [0.2, 0.25) is 0 Å². The number of carbonyl (C=O) groups excluding carboxylic acids is 1. The van der Waals surface area contributed by atoms with Gasteiger partial charge in [-0.3, -0.25) is 0 Å². The average molecular weight is 248 g/mol. The molecule has 0 aromatic heterocycles. The van der Waals surface area contributed by atoms with Crippen molar-refractivity contribution in [1.82, 2.24) is 5.32 Å². The third-order valence-electron chi connectivity index (χ3n) is 3.36. The van der Waals surface area contributed by atoms with Crippen LogP contribution >= 0.6 is 0 Å². The molecule has 1 amide bonds. The van der Waals surface area contributed by atoms with E-state index in [9.17, 15) is 4.79 Å². The highest BCUT2D eigenvalue weighted by molar-refractivity contribution is 5.68. The van der Waals surface area contributed by atoms with Crippen molar-refractivity contribution >= 4 is 11.8 Å². The van der Waals surface area contributed by atoms with E-state index < -0.39 is 0 Å². The average Bonchev–Trinajstić information content (AvgIpc) is 2.41. The summed E-state index contributed by atoms with van der Waals surface area (Å²) >= 11 is 0. The predicted octanol–water partition coefficient (Wildman–Crippen LogP) is 2.70. The lowest BCUT2D eigenvalue weighted by Gasteiger charge is -2.25. The Balaban J connectivity index is 2.09.